The second kappa shape index (κ2) is 17.8. The van der Waals surface area contributed by atoms with Gasteiger partial charge in [0.05, 0.1) is 0 Å². The van der Waals surface area contributed by atoms with Gasteiger partial charge in [-0.1, -0.05) is 181 Å². The van der Waals surface area contributed by atoms with Gasteiger partial charge in [0.25, 0.3) is 0 Å². The molecule has 0 bridgehead atoms. The molecule has 1 aliphatic carbocycles. The maximum absolute atomic E-state index is 2.45. The van der Waals surface area contributed by atoms with Gasteiger partial charge >= 0.3 is 0 Å². The first-order valence-electron chi connectivity index (χ1n) is 23.0. The molecule has 0 atom stereocenters. The van der Waals surface area contributed by atoms with Gasteiger partial charge in [-0.2, -0.15) is 0 Å². The van der Waals surface area contributed by atoms with E-state index >= 15 is 0 Å². The van der Waals surface area contributed by atoms with Crippen molar-refractivity contribution in [3.05, 3.63) is 259 Å². The summed E-state index contributed by atoms with van der Waals surface area (Å²) < 4.78 is 0. The highest BCUT2D eigenvalue weighted by atomic mass is 15.1. The fourth-order valence-corrected chi connectivity index (χ4v) is 9.73. The van der Waals surface area contributed by atoms with Crippen molar-refractivity contribution in [3.63, 3.8) is 0 Å². The molecule has 0 heterocycles. The molecule has 0 aliphatic heterocycles. The number of aryl methyl sites for hydroxylation is 1. The summed E-state index contributed by atoms with van der Waals surface area (Å²) in [7, 11) is 0. The van der Waals surface area contributed by atoms with Crippen molar-refractivity contribution in [2.45, 2.75) is 26.7 Å². The van der Waals surface area contributed by atoms with Gasteiger partial charge in [-0.3, -0.25) is 0 Å². The second-order valence-corrected chi connectivity index (χ2v) is 17.4. The van der Waals surface area contributed by atoms with Crippen molar-refractivity contribution in [1.29, 1.82) is 0 Å². The summed E-state index contributed by atoms with van der Waals surface area (Å²) in [5.41, 5.74) is 19.3. The Kier molecular flexibility index (Phi) is 10.9. The summed E-state index contributed by atoms with van der Waals surface area (Å²) >= 11 is 0. The van der Waals surface area contributed by atoms with E-state index < -0.39 is 0 Å². The Bertz CT molecular complexity index is 3370. The quantitative estimate of drug-likeness (QED) is 0.127. The van der Waals surface area contributed by atoms with Gasteiger partial charge in [0.15, 0.2) is 0 Å². The number of benzene rings is 10. The van der Waals surface area contributed by atoms with Crippen LogP contribution in [0.1, 0.15) is 30.9 Å². The zero-order valence-corrected chi connectivity index (χ0v) is 37.4. The summed E-state index contributed by atoms with van der Waals surface area (Å²) in [5, 5.41) is 4.97. The summed E-state index contributed by atoms with van der Waals surface area (Å²) in [6, 6.07) is 84.2. The summed E-state index contributed by atoms with van der Waals surface area (Å²) in [6.45, 7) is 4.42. The zero-order valence-electron chi connectivity index (χ0n) is 37.4. The molecular formula is C64H50N2. The molecule has 10 aromatic carbocycles. The SMILES string of the molecule is CC1=CC=C(c2c3cc(N(c4ccccc4)c4ccc(-c5ccccc5)cc4)ccc3c(-c3ccc(C)cc3)c3cc(N(c4ccccc4)c4ccc(-c5ccccc5)cc4)ccc23)CC1. The number of hydrogen-bond acceptors (Lipinski definition) is 2. The Labute approximate surface area is 388 Å². The van der Waals surface area contributed by atoms with Crippen LogP contribution in [-0.4, -0.2) is 0 Å². The highest BCUT2D eigenvalue weighted by molar-refractivity contribution is 6.20. The Morgan fingerprint density at radius 3 is 1.12 bits per heavy atom. The molecular weight excluding hydrogens is 797 g/mol. The van der Waals surface area contributed by atoms with Crippen molar-refractivity contribution in [2.75, 3.05) is 9.80 Å². The molecule has 0 aromatic heterocycles. The Morgan fingerprint density at radius 2 is 0.667 bits per heavy atom. The molecule has 0 spiro atoms. The Hall–Kier alpha value is -8.20. The molecule has 0 fully saturated rings. The van der Waals surface area contributed by atoms with Crippen molar-refractivity contribution in [2.24, 2.45) is 0 Å². The van der Waals surface area contributed by atoms with Crippen LogP contribution in [0.3, 0.4) is 0 Å². The molecule has 0 saturated carbocycles. The van der Waals surface area contributed by atoms with Crippen LogP contribution in [0, 0.1) is 6.92 Å². The normalized spacial score (nSPS) is 12.5. The van der Waals surface area contributed by atoms with Crippen LogP contribution in [0.4, 0.5) is 34.1 Å². The highest BCUT2D eigenvalue weighted by Crippen LogP contribution is 2.48. The molecule has 2 heteroatoms. The van der Waals surface area contributed by atoms with Crippen LogP contribution >= 0.6 is 0 Å². The average Bonchev–Trinajstić information content (AvgIpc) is 3.38. The molecule has 0 saturated heterocycles. The van der Waals surface area contributed by atoms with E-state index in [4.69, 9.17) is 0 Å². The fraction of sp³-hybridized carbons (Fsp3) is 0.0625. The molecule has 0 unspecified atom stereocenters. The lowest BCUT2D eigenvalue weighted by atomic mass is 9.82. The lowest BCUT2D eigenvalue weighted by Gasteiger charge is -2.29. The molecule has 10 aromatic rings. The topological polar surface area (TPSA) is 6.48 Å². The highest BCUT2D eigenvalue weighted by Gasteiger charge is 2.23. The van der Waals surface area contributed by atoms with Gasteiger partial charge in [0.2, 0.25) is 0 Å². The van der Waals surface area contributed by atoms with Gasteiger partial charge in [-0.15, -0.1) is 0 Å². The van der Waals surface area contributed by atoms with E-state index in [1.54, 1.807) is 0 Å². The van der Waals surface area contributed by atoms with E-state index in [2.05, 4.69) is 266 Å². The molecule has 316 valence electrons. The largest absolute Gasteiger partial charge is 0.310 e. The van der Waals surface area contributed by atoms with Crippen molar-refractivity contribution >= 4 is 61.2 Å². The lowest BCUT2D eigenvalue weighted by molar-refractivity contribution is 0.979. The maximum Gasteiger partial charge on any atom is 0.0468 e. The minimum absolute atomic E-state index is 0.982. The van der Waals surface area contributed by atoms with Crippen LogP contribution in [0.15, 0.2) is 248 Å². The van der Waals surface area contributed by atoms with E-state index in [0.29, 0.717) is 0 Å². The van der Waals surface area contributed by atoms with Crippen LogP contribution < -0.4 is 9.80 Å². The lowest BCUT2D eigenvalue weighted by Crippen LogP contribution is -2.10. The van der Waals surface area contributed by atoms with Crippen molar-refractivity contribution < 1.29 is 0 Å². The number of para-hydroxylation sites is 2. The second-order valence-electron chi connectivity index (χ2n) is 17.4. The number of rotatable bonds is 10. The molecule has 11 rings (SSSR count). The third-order valence-electron chi connectivity index (χ3n) is 13.1. The van der Waals surface area contributed by atoms with Gasteiger partial charge in [-0.05, 0) is 166 Å². The fourth-order valence-electron chi connectivity index (χ4n) is 9.73. The number of nitrogens with zero attached hydrogens (tertiary/aromatic N) is 2. The predicted molar refractivity (Wildman–Crippen MR) is 283 cm³/mol. The van der Waals surface area contributed by atoms with Crippen LogP contribution in [0.2, 0.25) is 0 Å². The van der Waals surface area contributed by atoms with Crippen molar-refractivity contribution in [3.8, 4) is 33.4 Å². The smallest absolute Gasteiger partial charge is 0.0468 e. The number of hydrogen-bond donors (Lipinski definition) is 0. The number of fused-ring (bicyclic) bond motifs is 2. The Balaban J connectivity index is 1.15. The standard InChI is InChI=1S/C64H50N2/c1-45-23-27-51(28-24-45)63-59-41-39-58(66(54-21-13-6-14-22-54)56-37-33-50(34-38-56)48-17-9-4-10-18-48)44-62(59)64(52-29-25-46(2)26-30-52)60-42-40-57(43-61(60)63)65(53-19-11-5-12-20-53)55-35-31-49(32-36-55)47-15-7-3-8-16-47/h3-25,27-29,31-44H,26,30H2,1-2H3. The third kappa shape index (κ3) is 7.88. The third-order valence-corrected chi connectivity index (χ3v) is 13.1. The van der Waals surface area contributed by atoms with Gasteiger partial charge in [0, 0.05) is 34.1 Å². The first-order valence-corrected chi connectivity index (χ1v) is 23.0. The van der Waals surface area contributed by atoms with Gasteiger partial charge in [0.1, 0.15) is 0 Å². The van der Waals surface area contributed by atoms with Gasteiger partial charge < -0.3 is 9.80 Å². The van der Waals surface area contributed by atoms with E-state index in [-0.39, 0.29) is 0 Å². The maximum atomic E-state index is 2.45. The van der Waals surface area contributed by atoms with E-state index in [1.165, 1.54) is 77.2 Å². The molecule has 66 heavy (non-hydrogen) atoms. The monoisotopic (exact) mass is 846 g/mol. The van der Waals surface area contributed by atoms with E-state index in [1.807, 2.05) is 0 Å². The zero-order chi connectivity index (χ0) is 44.4. The first kappa shape index (κ1) is 40.6. The predicted octanol–water partition coefficient (Wildman–Crippen LogP) is 18.4. The van der Waals surface area contributed by atoms with E-state index in [9.17, 15) is 0 Å². The minimum atomic E-state index is 0.982. The average molecular weight is 847 g/mol. The molecule has 2 nitrogen and oxygen atoms in total. The van der Waals surface area contributed by atoms with Crippen LogP contribution in [-0.2, 0) is 0 Å². The number of allylic oxidation sites excluding steroid dienone is 4. The van der Waals surface area contributed by atoms with Crippen molar-refractivity contribution in [1.82, 2.24) is 0 Å². The molecule has 0 N–H and O–H groups in total. The summed E-state index contributed by atoms with van der Waals surface area (Å²) in [4.78, 5) is 4.80. The minimum Gasteiger partial charge on any atom is -0.310 e. The molecule has 0 amide bonds. The van der Waals surface area contributed by atoms with Gasteiger partial charge in [-0.25, -0.2) is 0 Å². The first-order chi connectivity index (χ1) is 32.6. The molecule has 1 aliphatic rings. The van der Waals surface area contributed by atoms with Crippen LogP contribution in [0.5, 0.6) is 0 Å². The van der Waals surface area contributed by atoms with E-state index in [0.717, 1.165) is 47.0 Å². The number of anilines is 6. The molecule has 0 radical (unpaired) electrons. The summed E-state index contributed by atoms with van der Waals surface area (Å²) in [6.07, 6.45) is 6.72. The van der Waals surface area contributed by atoms with Crippen LogP contribution in [0.25, 0.3) is 60.5 Å². The summed E-state index contributed by atoms with van der Waals surface area (Å²) in [5.74, 6) is 0. The Morgan fingerprint density at radius 1 is 0.288 bits per heavy atom.